The van der Waals surface area contributed by atoms with Crippen molar-refractivity contribution in [3.05, 3.63) is 88.8 Å². The van der Waals surface area contributed by atoms with Gasteiger partial charge in [-0.15, -0.1) is 0 Å². The molecule has 0 unspecified atom stereocenters. The Morgan fingerprint density at radius 3 is 2.60 bits per heavy atom. The molecule has 0 aliphatic rings. The molecule has 0 saturated heterocycles. The van der Waals surface area contributed by atoms with E-state index in [4.69, 9.17) is 11.6 Å². The molecule has 0 amide bonds. The van der Waals surface area contributed by atoms with E-state index in [1.807, 2.05) is 47.3 Å². The summed E-state index contributed by atoms with van der Waals surface area (Å²) in [7, 11) is 0. The molecule has 0 fully saturated rings. The van der Waals surface area contributed by atoms with Gasteiger partial charge in [-0.3, -0.25) is 4.98 Å². The molecule has 25 heavy (non-hydrogen) atoms. The van der Waals surface area contributed by atoms with Crippen molar-refractivity contribution in [3.63, 3.8) is 0 Å². The molecule has 2 aromatic carbocycles. The molecule has 0 atom stereocenters. The molecular formula is C21H14ClN3. The first-order chi connectivity index (χ1) is 12.2. The number of hydrogen-bond donors (Lipinski definition) is 0. The fourth-order valence-electron chi connectivity index (χ4n) is 2.61. The van der Waals surface area contributed by atoms with Crippen LogP contribution in [0.2, 0.25) is 5.02 Å². The van der Waals surface area contributed by atoms with Gasteiger partial charge in [0.15, 0.2) is 0 Å². The number of fused-ring (bicyclic) bond motifs is 1. The van der Waals surface area contributed by atoms with Gasteiger partial charge >= 0.3 is 0 Å². The van der Waals surface area contributed by atoms with Crippen molar-refractivity contribution in [2.75, 3.05) is 0 Å². The molecule has 4 rings (SSSR count). The predicted octanol–water partition coefficient (Wildman–Crippen LogP) is 4.78. The maximum absolute atomic E-state index is 6.05. The fourth-order valence-corrected chi connectivity index (χ4v) is 2.77. The van der Waals surface area contributed by atoms with E-state index in [2.05, 4.69) is 41.0 Å². The first kappa shape index (κ1) is 15.4. The first-order valence-corrected chi connectivity index (χ1v) is 8.25. The molecule has 0 aliphatic carbocycles. The Hall–Kier alpha value is -3.09. The molecule has 0 saturated carbocycles. The van der Waals surface area contributed by atoms with Gasteiger partial charge in [0, 0.05) is 28.4 Å². The summed E-state index contributed by atoms with van der Waals surface area (Å²) in [5.74, 6) is 6.32. The van der Waals surface area contributed by atoms with Crippen molar-refractivity contribution in [1.29, 1.82) is 0 Å². The standard InChI is InChI=1S/C21H14ClN3/c1-15-2-4-16(5-3-15)6-7-17-13-24-25(14-17)21-10-11-23-20-12-18(22)8-9-19(20)21/h2-5,8-14H,1H3. The summed E-state index contributed by atoms with van der Waals surface area (Å²) in [6.45, 7) is 2.06. The second-order valence-electron chi connectivity index (χ2n) is 5.78. The third-order valence-corrected chi connectivity index (χ3v) is 4.15. The maximum atomic E-state index is 6.05. The third kappa shape index (κ3) is 3.26. The minimum absolute atomic E-state index is 0.669. The summed E-state index contributed by atoms with van der Waals surface area (Å²) in [5.41, 5.74) is 4.86. The van der Waals surface area contributed by atoms with Gasteiger partial charge in [0.1, 0.15) is 0 Å². The van der Waals surface area contributed by atoms with Crippen molar-refractivity contribution in [3.8, 4) is 17.5 Å². The summed E-state index contributed by atoms with van der Waals surface area (Å²) >= 11 is 6.05. The molecule has 2 aromatic heterocycles. The molecule has 2 heterocycles. The summed E-state index contributed by atoms with van der Waals surface area (Å²) in [6, 6.07) is 15.8. The van der Waals surface area contributed by atoms with E-state index in [-0.39, 0.29) is 0 Å². The van der Waals surface area contributed by atoms with E-state index < -0.39 is 0 Å². The Kier molecular flexibility index (Phi) is 3.97. The number of aryl methyl sites for hydroxylation is 1. The van der Waals surface area contributed by atoms with Gasteiger partial charge in [-0.2, -0.15) is 5.10 Å². The zero-order chi connectivity index (χ0) is 17.2. The Balaban J connectivity index is 1.69. The fraction of sp³-hybridized carbons (Fsp3) is 0.0476. The zero-order valence-electron chi connectivity index (χ0n) is 13.6. The molecule has 0 bridgehead atoms. The lowest BCUT2D eigenvalue weighted by Crippen LogP contribution is -1.96. The maximum Gasteiger partial charge on any atom is 0.0755 e. The second-order valence-corrected chi connectivity index (χ2v) is 6.22. The van der Waals surface area contributed by atoms with Gasteiger partial charge in [0.25, 0.3) is 0 Å². The Bertz CT molecular complexity index is 1120. The molecule has 3 nitrogen and oxygen atoms in total. The zero-order valence-corrected chi connectivity index (χ0v) is 14.3. The highest BCUT2D eigenvalue weighted by Gasteiger charge is 2.06. The highest BCUT2D eigenvalue weighted by atomic mass is 35.5. The summed E-state index contributed by atoms with van der Waals surface area (Å²) in [4.78, 5) is 4.36. The van der Waals surface area contributed by atoms with Crippen LogP contribution in [-0.2, 0) is 0 Å². The summed E-state index contributed by atoms with van der Waals surface area (Å²) in [6.07, 6.45) is 5.45. The number of nitrogens with zero attached hydrogens (tertiary/aromatic N) is 3. The van der Waals surface area contributed by atoms with Gasteiger partial charge in [-0.1, -0.05) is 41.1 Å². The molecule has 4 aromatic rings. The van der Waals surface area contributed by atoms with Crippen LogP contribution in [0.3, 0.4) is 0 Å². The molecule has 0 radical (unpaired) electrons. The van der Waals surface area contributed by atoms with Crippen LogP contribution in [-0.4, -0.2) is 14.8 Å². The number of rotatable bonds is 1. The minimum atomic E-state index is 0.669. The molecular weight excluding hydrogens is 330 g/mol. The number of benzene rings is 2. The van der Waals surface area contributed by atoms with Crippen molar-refractivity contribution < 1.29 is 0 Å². The van der Waals surface area contributed by atoms with E-state index in [0.29, 0.717) is 5.02 Å². The van der Waals surface area contributed by atoms with E-state index >= 15 is 0 Å². The third-order valence-electron chi connectivity index (χ3n) is 3.91. The Morgan fingerprint density at radius 1 is 0.960 bits per heavy atom. The largest absolute Gasteiger partial charge is 0.256 e. The number of hydrogen-bond acceptors (Lipinski definition) is 2. The molecule has 0 N–H and O–H groups in total. The van der Waals surface area contributed by atoms with E-state index in [9.17, 15) is 0 Å². The molecule has 0 aliphatic heterocycles. The van der Waals surface area contributed by atoms with Crippen molar-refractivity contribution >= 4 is 22.5 Å². The number of pyridine rings is 1. The quantitative estimate of drug-likeness (QED) is 0.465. The summed E-state index contributed by atoms with van der Waals surface area (Å²) < 4.78 is 1.82. The van der Waals surface area contributed by atoms with Gasteiger partial charge in [0.05, 0.1) is 23.0 Å². The monoisotopic (exact) mass is 343 g/mol. The van der Waals surface area contributed by atoms with Crippen LogP contribution in [0.4, 0.5) is 0 Å². The lowest BCUT2D eigenvalue weighted by atomic mass is 10.1. The van der Waals surface area contributed by atoms with E-state index in [1.54, 1.807) is 12.4 Å². The average Bonchev–Trinajstić information content (AvgIpc) is 3.09. The van der Waals surface area contributed by atoms with Crippen LogP contribution in [0.25, 0.3) is 16.6 Å². The topological polar surface area (TPSA) is 30.7 Å². The highest BCUT2D eigenvalue weighted by molar-refractivity contribution is 6.31. The van der Waals surface area contributed by atoms with Crippen LogP contribution >= 0.6 is 11.6 Å². The predicted molar refractivity (Wildman–Crippen MR) is 101 cm³/mol. The van der Waals surface area contributed by atoms with Crippen LogP contribution in [0.5, 0.6) is 0 Å². The second kappa shape index (κ2) is 6.43. The van der Waals surface area contributed by atoms with Gasteiger partial charge in [0.2, 0.25) is 0 Å². The SMILES string of the molecule is Cc1ccc(C#Cc2cnn(-c3ccnc4cc(Cl)ccc34)c2)cc1. The van der Waals surface area contributed by atoms with Gasteiger partial charge < -0.3 is 0 Å². The van der Waals surface area contributed by atoms with Crippen LogP contribution < -0.4 is 0 Å². The smallest absolute Gasteiger partial charge is 0.0755 e. The lowest BCUT2D eigenvalue weighted by Gasteiger charge is -2.05. The van der Waals surface area contributed by atoms with Crippen molar-refractivity contribution in [2.24, 2.45) is 0 Å². The number of halogens is 1. The van der Waals surface area contributed by atoms with Gasteiger partial charge in [-0.05, 0) is 43.3 Å². The van der Waals surface area contributed by atoms with Crippen LogP contribution in [0, 0.1) is 18.8 Å². The van der Waals surface area contributed by atoms with Crippen LogP contribution in [0.1, 0.15) is 16.7 Å². The van der Waals surface area contributed by atoms with Crippen LogP contribution in [0.15, 0.2) is 67.1 Å². The van der Waals surface area contributed by atoms with E-state index in [0.717, 1.165) is 27.7 Å². The minimum Gasteiger partial charge on any atom is -0.256 e. The molecule has 120 valence electrons. The van der Waals surface area contributed by atoms with Gasteiger partial charge in [-0.25, -0.2) is 4.68 Å². The summed E-state index contributed by atoms with van der Waals surface area (Å²) in [5, 5.41) is 6.10. The Labute approximate surface area is 150 Å². The molecule has 4 heteroatoms. The lowest BCUT2D eigenvalue weighted by molar-refractivity contribution is 0.886. The average molecular weight is 344 g/mol. The highest BCUT2D eigenvalue weighted by Crippen LogP contribution is 2.23. The first-order valence-electron chi connectivity index (χ1n) is 7.87. The Morgan fingerprint density at radius 2 is 1.76 bits per heavy atom. The van der Waals surface area contributed by atoms with Crippen molar-refractivity contribution in [1.82, 2.24) is 14.8 Å². The van der Waals surface area contributed by atoms with E-state index in [1.165, 1.54) is 5.56 Å². The normalized spacial score (nSPS) is 10.5. The molecule has 0 spiro atoms. The van der Waals surface area contributed by atoms with Crippen molar-refractivity contribution in [2.45, 2.75) is 6.92 Å². The number of aromatic nitrogens is 3.